The van der Waals surface area contributed by atoms with Crippen LogP contribution >= 0.6 is 15.9 Å². The number of nitriles is 1. The van der Waals surface area contributed by atoms with E-state index in [0.29, 0.717) is 23.6 Å². The van der Waals surface area contributed by atoms with Gasteiger partial charge in [0.2, 0.25) is 5.88 Å². The molecule has 0 saturated carbocycles. The van der Waals surface area contributed by atoms with E-state index in [0.717, 1.165) is 15.6 Å². The van der Waals surface area contributed by atoms with Crippen molar-refractivity contribution in [3.05, 3.63) is 58.4 Å². The van der Waals surface area contributed by atoms with Crippen molar-refractivity contribution in [1.29, 1.82) is 5.26 Å². The van der Waals surface area contributed by atoms with Crippen molar-refractivity contribution >= 4 is 26.9 Å². The van der Waals surface area contributed by atoms with Gasteiger partial charge in [0.15, 0.2) is 0 Å². The average molecular weight is 329 g/mol. The van der Waals surface area contributed by atoms with Crippen LogP contribution in [-0.2, 0) is 6.61 Å². The molecule has 0 fully saturated rings. The van der Waals surface area contributed by atoms with Crippen LogP contribution in [0.4, 0.5) is 0 Å². The predicted molar refractivity (Wildman–Crippen MR) is 77.2 cm³/mol. The number of pyridine rings is 1. The number of halogens is 1. The molecule has 5 heteroatoms. The predicted octanol–water partition coefficient (Wildman–Crippen LogP) is 4.04. The summed E-state index contributed by atoms with van der Waals surface area (Å²) in [5.74, 6) is 0.531. The van der Waals surface area contributed by atoms with Crippen LogP contribution in [0.25, 0.3) is 11.0 Å². The van der Waals surface area contributed by atoms with Crippen molar-refractivity contribution in [2.75, 3.05) is 0 Å². The standard InChI is InChI=1S/C15H9BrN2O2/c16-13-2-1-3-14(18-13)20-9-11-5-4-10(8-17)12-6-7-19-15(11)12/h1-7H,9H2. The molecule has 1 aromatic carbocycles. The molecule has 0 N–H and O–H groups in total. The Kier molecular flexibility index (Phi) is 3.40. The SMILES string of the molecule is N#Cc1ccc(COc2cccc(Br)n2)c2occc12. The first-order valence-corrected chi connectivity index (χ1v) is 6.72. The lowest BCUT2D eigenvalue weighted by molar-refractivity contribution is 0.293. The highest BCUT2D eigenvalue weighted by Gasteiger charge is 2.09. The molecule has 20 heavy (non-hydrogen) atoms. The van der Waals surface area contributed by atoms with Gasteiger partial charge in [-0.3, -0.25) is 0 Å². The van der Waals surface area contributed by atoms with E-state index in [-0.39, 0.29) is 0 Å². The van der Waals surface area contributed by atoms with Crippen LogP contribution in [0.15, 0.2) is 51.7 Å². The van der Waals surface area contributed by atoms with Crippen LogP contribution in [0, 0.1) is 11.3 Å². The Bertz CT molecular complexity index is 805. The Morgan fingerprint density at radius 2 is 2.15 bits per heavy atom. The van der Waals surface area contributed by atoms with Gasteiger partial charge in [0.25, 0.3) is 0 Å². The van der Waals surface area contributed by atoms with Gasteiger partial charge in [-0.25, -0.2) is 4.98 Å². The summed E-state index contributed by atoms with van der Waals surface area (Å²) in [5, 5.41) is 9.85. The van der Waals surface area contributed by atoms with E-state index >= 15 is 0 Å². The fourth-order valence-electron chi connectivity index (χ4n) is 1.95. The summed E-state index contributed by atoms with van der Waals surface area (Å²) >= 11 is 3.30. The Hall–Kier alpha value is -2.32. The molecular formula is C15H9BrN2O2. The number of rotatable bonds is 3. The lowest BCUT2D eigenvalue weighted by Gasteiger charge is -2.06. The Labute approximate surface area is 123 Å². The number of benzene rings is 1. The lowest BCUT2D eigenvalue weighted by atomic mass is 10.1. The molecule has 0 saturated heterocycles. The van der Waals surface area contributed by atoms with E-state index in [9.17, 15) is 0 Å². The van der Waals surface area contributed by atoms with Gasteiger partial charge in [-0.15, -0.1) is 0 Å². The Balaban J connectivity index is 1.89. The fraction of sp³-hybridized carbons (Fsp3) is 0.0667. The van der Waals surface area contributed by atoms with E-state index in [1.165, 1.54) is 0 Å². The molecule has 0 aliphatic rings. The minimum atomic E-state index is 0.333. The van der Waals surface area contributed by atoms with Crippen LogP contribution in [0.5, 0.6) is 5.88 Å². The minimum Gasteiger partial charge on any atom is -0.473 e. The van der Waals surface area contributed by atoms with Gasteiger partial charge >= 0.3 is 0 Å². The van der Waals surface area contributed by atoms with Gasteiger partial charge in [-0.2, -0.15) is 5.26 Å². The molecular weight excluding hydrogens is 320 g/mol. The van der Waals surface area contributed by atoms with Crippen molar-refractivity contribution in [1.82, 2.24) is 4.98 Å². The van der Waals surface area contributed by atoms with E-state index in [1.54, 1.807) is 24.5 Å². The lowest BCUT2D eigenvalue weighted by Crippen LogP contribution is -1.98. The molecule has 0 spiro atoms. The maximum atomic E-state index is 9.05. The molecule has 2 aromatic heterocycles. The highest BCUT2D eigenvalue weighted by atomic mass is 79.9. The van der Waals surface area contributed by atoms with E-state index < -0.39 is 0 Å². The van der Waals surface area contributed by atoms with Gasteiger partial charge < -0.3 is 9.15 Å². The van der Waals surface area contributed by atoms with Gasteiger partial charge in [0.1, 0.15) is 16.8 Å². The molecule has 4 nitrogen and oxygen atoms in total. The average Bonchev–Trinajstić information content (AvgIpc) is 2.94. The first-order valence-electron chi connectivity index (χ1n) is 5.92. The third-order valence-electron chi connectivity index (χ3n) is 2.88. The number of hydrogen-bond donors (Lipinski definition) is 0. The molecule has 0 unspecified atom stereocenters. The Morgan fingerprint density at radius 3 is 2.95 bits per heavy atom. The summed E-state index contributed by atoms with van der Waals surface area (Å²) in [6, 6.07) is 13.0. The number of furan rings is 1. The van der Waals surface area contributed by atoms with E-state index in [1.807, 2.05) is 18.2 Å². The van der Waals surface area contributed by atoms with Crippen molar-refractivity contribution in [3.63, 3.8) is 0 Å². The zero-order valence-corrected chi connectivity index (χ0v) is 11.9. The van der Waals surface area contributed by atoms with Crippen LogP contribution in [-0.4, -0.2) is 4.98 Å². The second kappa shape index (κ2) is 5.35. The monoisotopic (exact) mass is 328 g/mol. The van der Waals surface area contributed by atoms with Crippen molar-refractivity contribution in [3.8, 4) is 11.9 Å². The molecule has 0 atom stereocenters. The number of aromatic nitrogens is 1. The maximum absolute atomic E-state index is 9.05. The van der Waals surface area contributed by atoms with Crippen LogP contribution < -0.4 is 4.74 Å². The van der Waals surface area contributed by atoms with Crippen molar-refractivity contribution in [2.45, 2.75) is 6.61 Å². The molecule has 3 aromatic rings. The van der Waals surface area contributed by atoms with Gasteiger partial charge in [-0.1, -0.05) is 12.1 Å². The summed E-state index contributed by atoms with van der Waals surface area (Å²) < 4.78 is 11.8. The molecule has 0 aliphatic heterocycles. The van der Waals surface area contributed by atoms with E-state index in [4.69, 9.17) is 14.4 Å². The van der Waals surface area contributed by atoms with Crippen LogP contribution in [0.3, 0.4) is 0 Å². The molecule has 0 aliphatic carbocycles. The van der Waals surface area contributed by atoms with Gasteiger partial charge in [-0.05, 0) is 34.1 Å². The Morgan fingerprint density at radius 1 is 1.25 bits per heavy atom. The van der Waals surface area contributed by atoms with Crippen LogP contribution in [0.2, 0.25) is 0 Å². The van der Waals surface area contributed by atoms with Crippen molar-refractivity contribution < 1.29 is 9.15 Å². The third kappa shape index (κ3) is 2.38. The second-order valence-corrected chi connectivity index (χ2v) is 4.95. The highest BCUT2D eigenvalue weighted by molar-refractivity contribution is 9.10. The van der Waals surface area contributed by atoms with E-state index in [2.05, 4.69) is 27.0 Å². The van der Waals surface area contributed by atoms with Crippen molar-refractivity contribution in [2.24, 2.45) is 0 Å². The zero-order valence-electron chi connectivity index (χ0n) is 10.3. The molecule has 98 valence electrons. The first-order chi connectivity index (χ1) is 9.78. The largest absolute Gasteiger partial charge is 0.473 e. The number of fused-ring (bicyclic) bond motifs is 1. The fourth-order valence-corrected chi connectivity index (χ4v) is 2.28. The molecule has 0 bridgehead atoms. The summed E-state index contributed by atoms with van der Waals surface area (Å²) in [5.41, 5.74) is 2.16. The normalized spacial score (nSPS) is 10.4. The summed E-state index contributed by atoms with van der Waals surface area (Å²) in [4.78, 5) is 4.20. The zero-order chi connectivity index (χ0) is 13.9. The quantitative estimate of drug-likeness (QED) is 0.681. The summed E-state index contributed by atoms with van der Waals surface area (Å²) in [6.07, 6.45) is 1.58. The van der Waals surface area contributed by atoms with Gasteiger partial charge in [0.05, 0.1) is 17.9 Å². The van der Waals surface area contributed by atoms with Gasteiger partial charge in [0, 0.05) is 17.0 Å². The number of nitrogens with zero attached hydrogens (tertiary/aromatic N) is 2. The summed E-state index contributed by atoms with van der Waals surface area (Å²) in [6.45, 7) is 0.333. The molecule has 3 rings (SSSR count). The smallest absolute Gasteiger partial charge is 0.214 e. The second-order valence-electron chi connectivity index (χ2n) is 4.13. The molecule has 0 amide bonds. The molecule has 2 heterocycles. The first kappa shape index (κ1) is 12.7. The maximum Gasteiger partial charge on any atom is 0.214 e. The number of ether oxygens (including phenoxy) is 1. The summed E-state index contributed by atoms with van der Waals surface area (Å²) in [7, 11) is 0. The minimum absolute atomic E-state index is 0.333. The molecule has 0 radical (unpaired) electrons. The number of hydrogen-bond acceptors (Lipinski definition) is 4. The van der Waals surface area contributed by atoms with Crippen LogP contribution in [0.1, 0.15) is 11.1 Å². The third-order valence-corrected chi connectivity index (χ3v) is 3.33. The topological polar surface area (TPSA) is 59.0 Å². The highest BCUT2D eigenvalue weighted by Crippen LogP contribution is 2.25.